The van der Waals surface area contributed by atoms with Gasteiger partial charge in [0, 0.05) is 19.6 Å². The van der Waals surface area contributed by atoms with Crippen molar-refractivity contribution in [3.8, 4) is 0 Å². The minimum Gasteiger partial charge on any atom is -0.357 e. The van der Waals surface area contributed by atoms with Crippen molar-refractivity contribution in [1.82, 2.24) is 10.6 Å². The summed E-state index contributed by atoms with van der Waals surface area (Å²) < 4.78 is 13.1. The first-order valence-corrected chi connectivity index (χ1v) is 9.33. The van der Waals surface area contributed by atoms with Crippen molar-refractivity contribution in [2.75, 3.05) is 31.6 Å². The van der Waals surface area contributed by atoms with Crippen LogP contribution in [0, 0.1) is 12.7 Å². The summed E-state index contributed by atoms with van der Waals surface area (Å²) in [5, 5.41) is 6.60. The Bertz CT molecular complexity index is 463. The Labute approximate surface area is 138 Å². The maximum Gasteiger partial charge on any atom is 0.191 e. The number of hydrogen-bond acceptors (Lipinski definition) is 2. The summed E-state index contributed by atoms with van der Waals surface area (Å²) in [4.78, 5) is 4.58. The molecule has 0 saturated carbocycles. The fourth-order valence-electron chi connectivity index (χ4n) is 2.15. The van der Waals surface area contributed by atoms with Gasteiger partial charge in [-0.15, -0.1) is 0 Å². The van der Waals surface area contributed by atoms with Gasteiger partial charge in [-0.25, -0.2) is 4.39 Å². The van der Waals surface area contributed by atoms with E-state index in [4.69, 9.17) is 0 Å². The number of nitrogens with one attached hydrogen (secondary N) is 2. The molecule has 0 saturated heterocycles. The summed E-state index contributed by atoms with van der Waals surface area (Å²) in [6.45, 7) is 6.51. The normalized spacial score (nSPS) is 11.5. The molecule has 5 heteroatoms. The van der Waals surface area contributed by atoms with E-state index in [9.17, 15) is 4.39 Å². The lowest BCUT2D eigenvalue weighted by Gasteiger charge is -2.12. The molecular weight excluding hydrogens is 297 g/mol. The topological polar surface area (TPSA) is 36.4 Å². The molecule has 0 aliphatic heterocycles. The predicted molar refractivity (Wildman–Crippen MR) is 96.4 cm³/mol. The molecule has 0 atom stereocenters. The maximum atomic E-state index is 13.1. The van der Waals surface area contributed by atoms with Gasteiger partial charge >= 0.3 is 0 Å². The number of aliphatic imine (C=N–C) groups is 1. The Morgan fingerprint density at radius 2 is 2.09 bits per heavy atom. The third-order valence-corrected chi connectivity index (χ3v) is 4.06. The van der Waals surface area contributed by atoms with Crippen LogP contribution < -0.4 is 10.6 Å². The monoisotopic (exact) mass is 325 g/mol. The quantitative estimate of drug-likeness (QED) is 0.415. The molecule has 2 N–H and O–H groups in total. The first-order chi connectivity index (χ1) is 10.7. The van der Waals surface area contributed by atoms with E-state index in [1.165, 1.54) is 23.8 Å². The molecule has 3 nitrogen and oxygen atoms in total. The van der Waals surface area contributed by atoms with Crippen LogP contribution in [0.1, 0.15) is 30.9 Å². The second-order valence-electron chi connectivity index (χ2n) is 5.21. The third kappa shape index (κ3) is 7.69. The predicted octanol–water partition coefficient (Wildman–Crippen LogP) is 3.37. The molecule has 0 aliphatic carbocycles. The van der Waals surface area contributed by atoms with Gasteiger partial charge in [0.2, 0.25) is 0 Å². The number of rotatable bonds is 9. The van der Waals surface area contributed by atoms with Gasteiger partial charge in [-0.1, -0.05) is 6.07 Å². The molecule has 0 radical (unpaired) electrons. The van der Waals surface area contributed by atoms with Crippen molar-refractivity contribution >= 4 is 17.7 Å². The van der Waals surface area contributed by atoms with Gasteiger partial charge in [0.1, 0.15) is 5.82 Å². The van der Waals surface area contributed by atoms with Gasteiger partial charge in [0.05, 0.1) is 0 Å². The van der Waals surface area contributed by atoms with Gasteiger partial charge in [0.15, 0.2) is 5.96 Å². The molecule has 0 heterocycles. The van der Waals surface area contributed by atoms with Crippen LogP contribution in [-0.2, 0) is 6.42 Å². The second kappa shape index (κ2) is 11.4. The number of guanidine groups is 1. The molecule has 0 aliphatic rings. The minimum atomic E-state index is -0.172. The Balaban J connectivity index is 2.38. The number of aryl methyl sites for hydroxylation is 1. The first-order valence-electron chi connectivity index (χ1n) is 7.93. The number of benzene rings is 1. The molecular formula is C17H28FN3S. The average molecular weight is 325 g/mol. The Morgan fingerprint density at radius 3 is 2.77 bits per heavy atom. The van der Waals surface area contributed by atoms with E-state index in [0.717, 1.165) is 44.0 Å². The maximum absolute atomic E-state index is 13.1. The highest BCUT2D eigenvalue weighted by atomic mass is 32.2. The van der Waals surface area contributed by atoms with Crippen LogP contribution in [-0.4, -0.2) is 37.6 Å². The largest absolute Gasteiger partial charge is 0.357 e. The lowest BCUT2D eigenvalue weighted by Crippen LogP contribution is -2.38. The molecule has 1 aromatic carbocycles. The molecule has 0 spiro atoms. The van der Waals surface area contributed by atoms with E-state index in [-0.39, 0.29) is 5.82 Å². The zero-order chi connectivity index (χ0) is 16.2. The summed E-state index contributed by atoms with van der Waals surface area (Å²) in [6.07, 6.45) is 5.32. The third-order valence-electron chi connectivity index (χ3n) is 3.36. The Kier molecular flexibility index (Phi) is 9.71. The zero-order valence-electron chi connectivity index (χ0n) is 13.9. The zero-order valence-corrected chi connectivity index (χ0v) is 14.7. The van der Waals surface area contributed by atoms with E-state index in [2.05, 4.69) is 28.8 Å². The summed E-state index contributed by atoms with van der Waals surface area (Å²) in [5.74, 6) is 1.89. The van der Waals surface area contributed by atoms with Crippen LogP contribution >= 0.6 is 11.8 Å². The molecule has 0 amide bonds. The number of hydrogen-bond donors (Lipinski definition) is 2. The van der Waals surface area contributed by atoms with Gasteiger partial charge in [-0.05, 0) is 68.4 Å². The molecule has 0 aromatic heterocycles. The van der Waals surface area contributed by atoms with Crippen LogP contribution in [0.15, 0.2) is 23.2 Å². The van der Waals surface area contributed by atoms with E-state index in [0.29, 0.717) is 0 Å². The van der Waals surface area contributed by atoms with Gasteiger partial charge in [-0.2, -0.15) is 11.8 Å². The summed E-state index contributed by atoms with van der Waals surface area (Å²) >= 11 is 1.88. The highest BCUT2D eigenvalue weighted by Gasteiger charge is 2.01. The summed E-state index contributed by atoms with van der Waals surface area (Å²) in [5.41, 5.74) is 2.17. The lowest BCUT2D eigenvalue weighted by atomic mass is 10.1. The lowest BCUT2D eigenvalue weighted by molar-refractivity contribution is 0.625. The Hall–Kier alpha value is -1.23. The van der Waals surface area contributed by atoms with Crippen LogP contribution in [0.5, 0.6) is 0 Å². The molecule has 22 heavy (non-hydrogen) atoms. The standard InChI is InChI=1S/C17H28FN3S/c1-4-19-17(20-10-5-6-12-22-3)21-11-9-15-7-8-16(18)13-14(15)2/h7-8,13H,4-6,9-12H2,1-3H3,(H2,19,20,21). The molecule has 1 aromatic rings. The van der Waals surface area contributed by atoms with E-state index >= 15 is 0 Å². The van der Waals surface area contributed by atoms with E-state index in [1.807, 2.05) is 24.8 Å². The number of halogens is 1. The molecule has 1 rings (SSSR count). The first kappa shape index (κ1) is 18.8. The fraction of sp³-hybridized carbons (Fsp3) is 0.588. The van der Waals surface area contributed by atoms with Crippen molar-refractivity contribution in [2.24, 2.45) is 4.99 Å². The van der Waals surface area contributed by atoms with Gasteiger partial charge in [-0.3, -0.25) is 4.99 Å². The van der Waals surface area contributed by atoms with Gasteiger partial charge in [0.25, 0.3) is 0 Å². The number of unbranched alkanes of at least 4 members (excludes halogenated alkanes) is 1. The highest BCUT2D eigenvalue weighted by molar-refractivity contribution is 7.98. The molecule has 0 unspecified atom stereocenters. The molecule has 0 bridgehead atoms. The average Bonchev–Trinajstić information content (AvgIpc) is 2.49. The SMILES string of the molecule is CCNC(=NCCCCSC)NCCc1ccc(F)cc1C. The summed E-state index contributed by atoms with van der Waals surface area (Å²) in [7, 11) is 0. The van der Waals surface area contributed by atoms with Crippen LogP contribution in [0.4, 0.5) is 4.39 Å². The van der Waals surface area contributed by atoms with E-state index in [1.54, 1.807) is 6.07 Å². The smallest absolute Gasteiger partial charge is 0.191 e. The summed E-state index contributed by atoms with van der Waals surface area (Å²) in [6, 6.07) is 4.96. The van der Waals surface area contributed by atoms with Crippen molar-refractivity contribution in [3.05, 3.63) is 35.1 Å². The number of nitrogens with zero attached hydrogens (tertiary/aromatic N) is 1. The fourth-order valence-corrected chi connectivity index (χ4v) is 2.64. The molecule has 0 fully saturated rings. The highest BCUT2D eigenvalue weighted by Crippen LogP contribution is 2.10. The van der Waals surface area contributed by atoms with Crippen molar-refractivity contribution in [1.29, 1.82) is 0 Å². The van der Waals surface area contributed by atoms with Crippen LogP contribution in [0.25, 0.3) is 0 Å². The Morgan fingerprint density at radius 1 is 1.27 bits per heavy atom. The molecule has 124 valence electrons. The minimum absolute atomic E-state index is 0.172. The van der Waals surface area contributed by atoms with Crippen LogP contribution in [0.2, 0.25) is 0 Å². The van der Waals surface area contributed by atoms with Crippen LogP contribution in [0.3, 0.4) is 0 Å². The number of thioether (sulfide) groups is 1. The van der Waals surface area contributed by atoms with Gasteiger partial charge < -0.3 is 10.6 Å². The van der Waals surface area contributed by atoms with Crippen molar-refractivity contribution < 1.29 is 4.39 Å². The van der Waals surface area contributed by atoms with Crippen molar-refractivity contribution in [3.63, 3.8) is 0 Å². The van der Waals surface area contributed by atoms with E-state index < -0.39 is 0 Å². The van der Waals surface area contributed by atoms with Crippen molar-refractivity contribution in [2.45, 2.75) is 33.1 Å². The second-order valence-corrected chi connectivity index (χ2v) is 6.19.